The minimum Gasteiger partial charge on any atom is -0.303 e. The van der Waals surface area contributed by atoms with Gasteiger partial charge in [0.25, 0.3) is 0 Å². The third kappa shape index (κ3) is 2.62. The Morgan fingerprint density at radius 1 is 1.14 bits per heavy atom. The molecule has 112 valence electrons. The fraction of sp³-hybridized carbons (Fsp3) is 0.500. The summed E-state index contributed by atoms with van der Waals surface area (Å²) in [6, 6.07) is 9.20. The summed E-state index contributed by atoms with van der Waals surface area (Å²) in [6.07, 6.45) is 5.80. The second-order valence-electron chi connectivity index (χ2n) is 6.01. The van der Waals surface area contributed by atoms with Gasteiger partial charge in [-0.25, -0.2) is 4.98 Å². The number of hydrogen-bond acceptors (Lipinski definition) is 2. The Morgan fingerprint density at radius 2 is 1.90 bits per heavy atom. The first-order valence-corrected chi connectivity index (χ1v) is 8.06. The standard InChI is InChI=1S/C18H25N3/c1-4-20-13-6-5-9-17(20)16-8-7-12-19-18(16)21-14(2)10-11-15(21)3/h7-8,10-12,17H,4-6,9,13H2,1-3H3. The average molecular weight is 283 g/mol. The van der Waals surface area contributed by atoms with E-state index in [2.05, 4.69) is 54.5 Å². The highest BCUT2D eigenvalue weighted by Gasteiger charge is 2.26. The van der Waals surface area contributed by atoms with Crippen molar-refractivity contribution in [3.05, 3.63) is 47.4 Å². The molecule has 3 heteroatoms. The molecule has 0 radical (unpaired) electrons. The Labute approximate surface area is 127 Å². The van der Waals surface area contributed by atoms with Crippen LogP contribution in [0.4, 0.5) is 0 Å². The number of rotatable bonds is 3. The summed E-state index contributed by atoms with van der Waals surface area (Å²) in [7, 11) is 0. The van der Waals surface area contributed by atoms with Crippen LogP contribution in [0.15, 0.2) is 30.5 Å². The van der Waals surface area contributed by atoms with E-state index in [4.69, 9.17) is 4.98 Å². The SMILES string of the molecule is CCN1CCCCC1c1cccnc1-n1c(C)ccc1C. The van der Waals surface area contributed by atoms with E-state index in [9.17, 15) is 0 Å². The second-order valence-corrected chi connectivity index (χ2v) is 6.01. The van der Waals surface area contributed by atoms with Crippen molar-refractivity contribution in [2.45, 2.75) is 46.1 Å². The van der Waals surface area contributed by atoms with Gasteiger partial charge in [0.1, 0.15) is 5.82 Å². The lowest BCUT2D eigenvalue weighted by Gasteiger charge is -2.36. The summed E-state index contributed by atoms with van der Waals surface area (Å²) >= 11 is 0. The van der Waals surface area contributed by atoms with Gasteiger partial charge in [0.15, 0.2) is 0 Å². The highest BCUT2D eigenvalue weighted by atomic mass is 15.2. The lowest BCUT2D eigenvalue weighted by atomic mass is 9.95. The summed E-state index contributed by atoms with van der Waals surface area (Å²) in [5.41, 5.74) is 3.89. The normalized spacial score (nSPS) is 19.9. The first kappa shape index (κ1) is 14.3. The van der Waals surface area contributed by atoms with Gasteiger partial charge in [-0.3, -0.25) is 4.90 Å². The number of hydrogen-bond donors (Lipinski definition) is 0. The largest absolute Gasteiger partial charge is 0.303 e. The molecule has 1 aliphatic rings. The molecule has 3 heterocycles. The first-order valence-electron chi connectivity index (χ1n) is 8.06. The van der Waals surface area contributed by atoms with Crippen molar-refractivity contribution in [1.82, 2.24) is 14.5 Å². The predicted molar refractivity (Wildman–Crippen MR) is 86.9 cm³/mol. The smallest absolute Gasteiger partial charge is 0.141 e. The van der Waals surface area contributed by atoms with E-state index in [1.54, 1.807) is 0 Å². The van der Waals surface area contributed by atoms with Gasteiger partial charge in [-0.1, -0.05) is 19.4 Å². The van der Waals surface area contributed by atoms with E-state index >= 15 is 0 Å². The quantitative estimate of drug-likeness (QED) is 0.848. The maximum atomic E-state index is 4.72. The van der Waals surface area contributed by atoms with Gasteiger partial charge >= 0.3 is 0 Å². The van der Waals surface area contributed by atoms with Crippen LogP contribution >= 0.6 is 0 Å². The molecule has 1 aliphatic heterocycles. The number of aromatic nitrogens is 2. The van der Waals surface area contributed by atoms with E-state index in [0.29, 0.717) is 6.04 Å². The molecule has 0 bridgehead atoms. The number of likely N-dealkylation sites (tertiary alicyclic amines) is 1. The van der Waals surface area contributed by atoms with Crippen molar-refractivity contribution >= 4 is 0 Å². The molecular weight excluding hydrogens is 258 g/mol. The minimum atomic E-state index is 0.508. The second kappa shape index (κ2) is 6.02. The zero-order valence-corrected chi connectivity index (χ0v) is 13.3. The predicted octanol–water partition coefficient (Wildman–Crippen LogP) is 4.04. The first-order chi connectivity index (χ1) is 10.2. The molecule has 0 N–H and O–H groups in total. The van der Waals surface area contributed by atoms with Gasteiger partial charge in [-0.2, -0.15) is 0 Å². The van der Waals surface area contributed by atoms with Crippen molar-refractivity contribution in [2.75, 3.05) is 13.1 Å². The van der Waals surface area contributed by atoms with Gasteiger partial charge < -0.3 is 4.57 Å². The molecule has 21 heavy (non-hydrogen) atoms. The average Bonchev–Trinajstić information content (AvgIpc) is 2.86. The fourth-order valence-electron chi connectivity index (χ4n) is 3.58. The van der Waals surface area contributed by atoms with Crippen molar-refractivity contribution in [1.29, 1.82) is 0 Å². The van der Waals surface area contributed by atoms with Crippen molar-refractivity contribution < 1.29 is 0 Å². The van der Waals surface area contributed by atoms with Crippen LogP contribution in [-0.2, 0) is 0 Å². The van der Waals surface area contributed by atoms with Crippen LogP contribution in [0.5, 0.6) is 0 Å². The lowest BCUT2D eigenvalue weighted by Crippen LogP contribution is -2.34. The third-order valence-electron chi connectivity index (χ3n) is 4.68. The fourth-order valence-corrected chi connectivity index (χ4v) is 3.58. The molecule has 1 unspecified atom stereocenters. The van der Waals surface area contributed by atoms with Crippen LogP contribution in [0.25, 0.3) is 5.82 Å². The van der Waals surface area contributed by atoms with E-state index in [-0.39, 0.29) is 0 Å². The highest BCUT2D eigenvalue weighted by molar-refractivity contribution is 5.40. The molecule has 1 saturated heterocycles. The summed E-state index contributed by atoms with van der Waals surface area (Å²) in [4.78, 5) is 7.32. The summed E-state index contributed by atoms with van der Waals surface area (Å²) in [5, 5.41) is 0. The van der Waals surface area contributed by atoms with Gasteiger partial charge in [0.05, 0.1) is 0 Å². The van der Waals surface area contributed by atoms with E-state index in [1.165, 1.54) is 42.8 Å². The van der Waals surface area contributed by atoms with Crippen LogP contribution in [0.3, 0.4) is 0 Å². The topological polar surface area (TPSA) is 21.1 Å². The molecule has 3 nitrogen and oxygen atoms in total. The maximum Gasteiger partial charge on any atom is 0.141 e. The highest BCUT2D eigenvalue weighted by Crippen LogP contribution is 2.34. The van der Waals surface area contributed by atoms with E-state index < -0.39 is 0 Å². The number of piperidine rings is 1. The van der Waals surface area contributed by atoms with Gasteiger partial charge in [0.2, 0.25) is 0 Å². The monoisotopic (exact) mass is 283 g/mol. The molecule has 0 saturated carbocycles. The Kier molecular flexibility index (Phi) is 4.11. The summed E-state index contributed by atoms with van der Waals surface area (Å²) in [5.74, 6) is 1.11. The minimum absolute atomic E-state index is 0.508. The Hall–Kier alpha value is -1.61. The van der Waals surface area contributed by atoms with Crippen LogP contribution in [0.2, 0.25) is 0 Å². The molecule has 0 amide bonds. The molecule has 0 spiro atoms. The van der Waals surface area contributed by atoms with Crippen molar-refractivity contribution in [2.24, 2.45) is 0 Å². The molecule has 2 aromatic rings. The van der Waals surface area contributed by atoms with E-state index in [1.807, 2.05) is 6.20 Å². The van der Waals surface area contributed by atoms with Crippen LogP contribution in [0.1, 0.15) is 49.2 Å². The molecule has 1 fully saturated rings. The van der Waals surface area contributed by atoms with Crippen molar-refractivity contribution in [3.8, 4) is 5.82 Å². The van der Waals surface area contributed by atoms with E-state index in [0.717, 1.165) is 12.4 Å². The van der Waals surface area contributed by atoms with Gasteiger partial charge in [0, 0.05) is 29.2 Å². The molecule has 0 aliphatic carbocycles. The molecular formula is C18H25N3. The lowest BCUT2D eigenvalue weighted by molar-refractivity contribution is 0.157. The van der Waals surface area contributed by atoms with Crippen LogP contribution in [-0.4, -0.2) is 27.5 Å². The van der Waals surface area contributed by atoms with Crippen molar-refractivity contribution in [3.63, 3.8) is 0 Å². The molecule has 0 aromatic carbocycles. The Bertz CT molecular complexity index is 595. The van der Waals surface area contributed by atoms with Gasteiger partial charge in [-0.15, -0.1) is 0 Å². The Balaban J connectivity index is 2.08. The summed E-state index contributed by atoms with van der Waals surface area (Å²) in [6.45, 7) is 8.90. The number of nitrogens with zero attached hydrogens (tertiary/aromatic N) is 3. The molecule has 2 aromatic heterocycles. The molecule has 1 atom stereocenters. The number of pyridine rings is 1. The number of aryl methyl sites for hydroxylation is 2. The van der Waals surface area contributed by atoms with Gasteiger partial charge in [-0.05, 0) is 58.0 Å². The van der Waals surface area contributed by atoms with Crippen LogP contribution in [0, 0.1) is 13.8 Å². The molecule has 3 rings (SSSR count). The third-order valence-corrected chi connectivity index (χ3v) is 4.68. The summed E-state index contributed by atoms with van der Waals surface area (Å²) < 4.78 is 2.29. The Morgan fingerprint density at radius 3 is 2.62 bits per heavy atom. The zero-order valence-electron chi connectivity index (χ0n) is 13.3. The zero-order chi connectivity index (χ0) is 14.8. The van der Waals surface area contributed by atoms with Crippen LogP contribution < -0.4 is 0 Å². The maximum absolute atomic E-state index is 4.72.